The first-order valence-corrected chi connectivity index (χ1v) is 9.69. The summed E-state index contributed by atoms with van der Waals surface area (Å²) in [5.41, 5.74) is 3.36. The van der Waals surface area contributed by atoms with Crippen LogP contribution in [0, 0.1) is 5.82 Å². The number of amides is 1. The van der Waals surface area contributed by atoms with Gasteiger partial charge < -0.3 is 4.90 Å². The Bertz CT molecular complexity index is 823. The van der Waals surface area contributed by atoms with Crippen LogP contribution in [0.4, 0.5) is 4.39 Å². The third-order valence-corrected chi connectivity index (χ3v) is 5.56. The van der Waals surface area contributed by atoms with Crippen molar-refractivity contribution in [3.63, 3.8) is 0 Å². The van der Waals surface area contributed by atoms with Gasteiger partial charge in [-0.05, 0) is 37.0 Å². The molecule has 0 bridgehead atoms. The molecule has 1 aromatic heterocycles. The van der Waals surface area contributed by atoms with E-state index < -0.39 is 0 Å². The van der Waals surface area contributed by atoms with E-state index in [1.54, 1.807) is 6.92 Å². The van der Waals surface area contributed by atoms with E-state index in [0.717, 1.165) is 74.5 Å². The number of rotatable bonds is 3. The molecule has 0 saturated carbocycles. The van der Waals surface area contributed by atoms with Gasteiger partial charge in [0.1, 0.15) is 5.82 Å². The Morgan fingerprint density at radius 3 is 2.81 bits per heavy atom. The number of hydrogen-bond acceptors (Lipinski definition) is 4. The van der Waals surface area contributed by atoms with Gasteiger partial charge in [0.2, 0.25) is 5.91 Å². The molecule has 6 heteroatoms. The molecular weight excluding hydrogens is 343 g/mol. The fraction of sp³-hybridized carbons (Fsp3) is 0.476. The lowest BCUT2D eigenvalue weighted by atomic mass is 10.0. The van der Waals surface area contributed by atoms with Crippen molar-refractivity contribution in [2.24, 2.45) is 0 Å². The van der Waals surface area contributed by atoms with Gasteiger partial charge in [-0.25, -0.2) is 14.4 Å². The van der Waals surface area contributed by atoms with Crippen LogP contribution in [0.5, 0.6) is 0 Å². The molecule has 1 fully saturated rings. The number of likely N-dealkylation sites (tertiary alicyclic amines) is 1. The fourth-order valence-electron chi connectivity index (χ4n) is 4.11. The number of hydrogen-bond donors (Lipinski definition) is 0. The number of fused-ring (bicyclic) bond motifs is 1. The molecule has 4 rings (SSSR count). The predicted octanol–water partition coefficient (Wildman–Crippen LogP) is 3.25. The number of halogens is 1. The van der Waals surface area contributed by atoms with Crippen molar-refractivity contribution in [3.05, 3.63) is 58.9 Å². The molecule has 1 unspecified atom stereocenters. The van der Waals surface area contributed by atoms with Crippen molar-refractivity contribution in [3.8, 4) is 0 Å². The molecule has 1 aromatic carbocycles. The Morgan fingerprint density at radius 1 is 1.22 bits per heavy atom. The number of carbonyl (C=O) groups excluding carboxylic acids is 1. The zero-order valence-electron chi connectivity index (χ0n) is 15.7. The van der Waals surface area contributed by atoms with Crippen molar-refractivity contribution in [2.75, 3.05) is 13.1 Å². The molecular formula is C21H25FN4O. The molecule has 5 nitrogen and oxygen atoms in total. The van der Waals surface area contributed by atoms with Crippen LogP contribution in [-0.2, 0) is 24.3 Å². The summed E-state index contributed by atoms with van der Waals surface area (Å²) in [7, 11) is 0. The first-order valence-electron chi connectivity index (χ1n) is 9.69. The van der Waals surface area contributed by atoms with Gasteiger partial charge in [-0.3, -0.25) is 9.69 Å². The standard InChI is InChI=1S/C21H25FN4O/c1-15(27)26-10-3-2-4-20(26)21-23-12-17-14-25(11-9-19(17)24-21)13-16-5-7-18(22)8-6-16/h5-8,12,20H,2-4,9-11,13-14H2,1H3. The van der Waals surface area contributed by atoms with Crippen LogP contribution in [0.25, 0.3) is 0 Å². The maximum atomic E-state index is 13.1. The molecule has 3 heterocycles. The molecule has 2 aliphatic heterocycles. The highest BCUT2D eigenvalue weighted by Gasteiger charge is 2.29. The highest BCUT2D eigenvalue weighted by molar-refractivity contribution is 5.73. The van der Waals surface area contributed by atoms with Crippen molar-refractivity contribution in [1.82, 2.24) is 19.8 Å². The summed E-state index contributed by atoms with van der Waals surface area (Å²) in [6.45, 7) is 4.94. The number of piperidine rings is 1. The van der Waals surface area contributed by atoms with E-state index in [-0.39, 0.29) is 17.8 Å². The van der Waals surface area contributed by atoms with Crippen molar-refractivity contribution in [2.45, 2.75) is 51.7 Å². The van der Waals surface area contributed by atoms with Gasteiger partial charge in [0.15, 0.2) is 5.82 Å². The Labute approximate surface area is 159 Å². The number of benzene rings is 1. The van der Waals surface area contributed by atoms with Gasteiger partial charge in [0.25, 0.3) is 0 Å². The third kappa shape index (κ3) is 4.00. The van der Waals surface area contributed by atoms with Crippen molar-refractivity contribution in [1.29, 1.82) is 0 Å². The van der Waals surface area contributed by atoms with Crippen molar-refractivity contribution >= 4 is 5.91 Å². The molecule has 2 aromatic rings. The van der Waals surface area contributed by atoms with Gasteiger partial charge >= 0.3 is 0 Å². The van der Waals surface area contributed by atoms with E-state index in [0.29, 0.717) is 0 Å². The number of aromatic nitrogens is 2. The zero-order chi connectivity index (χ0) is 18.8. The van der Waals surface area contributed by atoms with E-state index in [4.69, 9.17) is 4.98 Å². The molecule has 0 aliphatic carbocycles. The minimum absolute atomic E-state index is 0.0128. The first kappa shape index (κ1) is 18.0. The molecule has 1 atom stereocenters. The lowest BCUT2D eigenvalue weighted by Crippen LogP contribution is -2.38. The second kappa shape index (κ2) is 7.72. The maximum absolute atomic E-state index is 13.1. The molecule has 2 aliphatic rings. The van der Waals surface area contributed by atoms with Crippen molar-refractivity contribution < 1.29 is 9.18 Å². The average molecular weight is 368 g/mol. The SMILES string of the molecule is CC(=O)N1CCCCC1c1ncc2c(n1)CCN(Cc1ccc(F)cc1)C2. The highest BCUT2D eigenvalue weighted by atomic mass is 19.1. The van der Waals surface area contributed by atoms with E-state index >= 15 is 0 Å². The van der Waals surface area contributed by atoms with Crippen LogP contribution >= 0.6 is 0 Å². The Hall–Kier alpha value is -2.34. The largest absolute Gasteiger partial charge is 0.333 e. The highest BCUT2D eigenvalue weighted by Crippen LogP contribution is 2.30. The summed E-state index contributed by atoms with van der Waals surface area (Å²) in [5, 5.41) is 0. The predicted molar refractivity (Wildman–Crippen MR) is 100 cm³/mol. The summed E-state index contributed by atoms with van der Waals surface area (Å²) in [5.74, 6) is 0.688. The molecule has 27 heavy (non-hydrogen) atoms. The van der Waals surface area contributed by atoms with Crippen LogP contribution in [0.1, 0.15) is 54.9 Å². The van der Waals surface area contributed by atoms with Crippen LogP contribution in [0.2, 0.25) is 0 Å². The molecule has 0 radical (unpaired) electrons. The van der Waals surface area contributed by atoms with Gasteiger partial charge in [0, 0.05) is 57.0 Å². The summed E-state index contributed by atoms with van der Waals surface area (Å²) in [4.78, 5) is 25.7. The maximum Gasteiger partial charge on any atom is 0.220 e. The third-order valence-electron chi connectivity index (χ3n) is 5.56. The normalized spacial score (nSPS) is 20.4. The minimum atomic E-state index is -0.203. The van der Waals surface area contributed by atoms with E-state index in [1.807, 2.05) is 23.2 Å². The summed E-state index contributed by atoms with van der Waals surface area (Å²) in [6, 6.07) is 6.70. The smallest absolute Gasteiger partial charge is 0.220 e. The molecule has 142 valence electrons. The minimum Gasteiger partial charge on any atom is -0.333 e. The average Bonchev–Trinajstić information content (AvgIpc) is 2.69. The fourth-order valence-corrected chi connectivity index (χ4v) is 4.11. The van der Waals surface area contributed by atoms with Crippen LogP contribution in [0.15, 0.2) is 30.5 Å². The summed E-state index contributed by atoms with van der Waals surface area (Å²) < 4.78 is 13.1. The lowest BCUT2D eigenvalue weighted by molar-refractivity contribution is -0.132. The monoisotopic (exact) mass is 368 g/mol. The summed E-state index contributed by atoms with van der Waals surface area (Å²) >= 11 is 0. The lowest BCUT2D eigenvalue weighted by Gasteiger charge is -2.35. The van der Waals surface area contributed by atoms with E-state index in [1.165, 1.54) is 12.1 Å². The molecule has 1 saturated heterocycles. The second-order valence-corrected chi connectivity index (χ2v) is 7.51. The molecule has 0 N–H and O–H groups in total. The molecule has 1 amide bonds. The first-order chi connectivity index (χ1) is 13.1. The van der Waals surface area contributed by atoms with Crippen LogP contribution < -0.4 is 0 Å². The Kier molecular flexibility index (Phi) is 5.16. The summed E-state index contributed by atoms with van der Waals surface area (Å²) in [6.07, 6.45) is 5.91. The van der Waals surface area contributed by atoms with Gasteiger partial charge in [-0.15, -0.1) is 0 Å². The van der Waals surface area contributed by atoms with Crippen LogP contribution in [0.3, 0.4) is 0 Å². The van der Waals surface area contributed by atoms with Gasteiger partial charge in [0.05, 0.1) is 6.04 Å². The van der Waals surface area contributed by atoms with E-state index in [2.05, 4.69) is 9.88 Å². The zero-order valence-corrected chi connectivity index (χ0v) is 15.7. The Balaban J connectivity index is 1.48. The molecule has 0 spiro atoms. The van der Waals surface area contributed by atoms with E-state index in [9.17, 15) is 9.18 Å². The number of carbonyl (C=O) groups is 1. The Morgan fingerprint density at radius 2 is 2.04 bits per heavy atom. The van der Waals surface area contributed by atoms with Gasteiger partial charge in [-0.2, -0.15) is 0 Å². The van der Waals surface area contributed by atoms with Crippen LogP contribution in [-0.4, -0.2) is 38.8 Å². The quantitative estimate of drug-likeness (QED) is 0.835. The van der Waals surface area contributed by atoms with Gasteiger partial charge in [-0.1, -0.05) is 12.1 Å². The number of nitrogens with zero attached hydrogens (tertiary/aromatic N) is 4. The topological polar surface area (TPSA) is 49.3 Å². The second-order valence-electron chi connectivity index (χ2n) is 7.51.